The lowest BCUT2D eigenvalue weighted by Gasteiger charge is -2.29. The third-order valence-electron chi connectivity index (χ3n) is 4.33. The topological polar surface area (TPSA) is 84.0 Å². The number of nitrogen functional groups attached to an aromatic ring is 1. The number of fused-ring (bicyclic) bond motifs is 1. The van der Waals surface area contributed by atoms with Crippen molar-refractivity contribution in [1.82, 2.24) is 4.98 Å². The summed E-state index contributed by atoms with van der Waals surface area (Å²) in [5, 5.41) is 3.49. The van der Waals surface area contributed by atoms with E-state index in [1.54, 1.807) is 6.07 Å². The lowest BCUT2D eigenvalue weighted by atomic mass is 9.84. The van der Waals surface area contributed by atoms with Gasteiger partial charge in [-0.15, -0.1) is 0 Å². The molecule has 1 aliphatic carbocycles. The molecular formula is C15H21N3O2. The molecule has 5 heteroatoms. The number of aromatic amines is 1. The minimum Gasteiger partial charge on any atom is -0.408 e. The van der Waals surface area contributed by atoms with Gasteiger partial charge >= 0.3 is 5.76 Å². The molecule has 3 rings (SSSR count). The van der Waals surface area contributed by atoms with E-state index in [0.29, 0.717) is 28.7 Å². The molecule has 1 atom stereocenters. The number of anilines is 2. The van der Waals surface area contributed by atoms with Crippen LogP contribution in [0.5, 0.6) is 0 Å². The van der Waals surface area contributed by atoms with Crippen LogP contribution in [0.15, 0.2) is 21.3 Å². The van der Waals surface area contributed by atoms with Crippen LogP contribution < -0.4 is 16.8 Å². The average Bonchev–Trinajstić information content (AvgIpc) is 2.79. The van der Waals surface area contributed by atoms with Crippen LogP contribution in [-0.4, -0.2) is 11.0 Å². The Hall–Kier alpha value is -1.91. The molecule has 20 heavy (non-hydrogen) atoms. The molecule has 1 fully saturated rings. The second kappa shape index (κ2) is 5.23. The van der Waals surface area contributed by atoms with Crippen molar-refractivity contribution in [2.75, 3.05) is 11.1 Å². The van der Waals surface area contributed by atoms with E-state index in [1.165, 1.54) is 32.1 Å². The summed E-state index contributed by atoms with van der Waals surface area (Å²) in [5.41, 5.74) is 8.70. The summed E-state index contributed by atoms with van der Waals surface area (Å²) in [5.74, 6) is 0.249. The largest absolute Gasteiger partial charge is 0.417 e. The quantitative estimate of drug-likeness (QED) is 0.751. The lowest BCUT2D eigenvalue weighted by Crippen LogP contribution is -2.28. The first-order valence-electron chi connectivity index (χ1n) is 7.32. The zero-order chi connectivity index (χ0) is 14.1. The van der Waals surface area contributed by atoms with Crippen molar-refractivity contribution in [3.63, 3.8) is 0 Å². The summed E-state index contributed by atoms with van der Waals surface area (Å²) in [6, 6.07) is 3.94. The third-order valence-corrected chi connectivity index (χ3v) is 4.33. The van der Waals surface area contributed by atoms with Crippen LogP contribution >= 0.6 is 0 Å². The van der Waals surface area contributed by atoms with E-state index in [4.69, 9.17) is 10.2 Å². The van der Waals surface area contributed by atoms with Crippen molar-refractivity contribution in [1.29, 1.82) is 0 Å². The molecule has 1 aromatic heterocycles. The van der Waals surface area contributed by atoms with Gasteiger partial charge in [-0.05, 0) is 31.7 Å². The van der Waals surface area contributed by atoms with Crippen LogP contribution in [0.4, 0.5) is 11.4 Å². The molecule has 0 bridgehead atoms. The molecule has 5 nitrogen and oxygen atoms in total. The van der Waals surface area contributed by atoms with Gasteiger partial charge in [0.1, 0.15) is 0 Å². The Bertz CT molecular complexity index is 653. The van der Waals surface area contributed by atoms with E-state index in [9.17, 15) is 4.79 Å². The zero-order valence-electron chi connectivity index (χ0n) is 11.7. The first-order chi connectivity index (χ1) is 9.63. The fourth-order valence-corrected chi connectivity index (χ4v) is 3.14. The van der Waals surface area contributed by atoms with Crippen molar-refractivity contribution >= 4 is 22.5 Å². The first-order valence-corrected chi connectivity index (χ1v) is 7.32. The van der Waals surface area contributed by atoms with Crippen LogP contribution in [-0.2, 0) is 0 Å². The zero-order valence-corrected chi connectivity index (χ0v) is 11.7. The van der Waals surface area contributed by atoms with Gasteiger partial charge in [-0.1, -0.05) is 19.3 Å². The molecule has 108 valence electrons. The highest BCUT2D eigenvalue weighted by molar-refractivity contribution is 5.85. The molecule has 0 aliphatic heterocycles. The van der Waals surface area contributed by atoms with Gasteiger partial charge in [0, 0.05) is 12.1 Å². The van der Waals surface area contributed by atoms with Crippen molar-refractivity contribution in [3.05, 3.63) is 22.7 Å². The Kier molecular flexibility index (Phi) is 3.42. The molecule has 0 radical (unpaired) electrons. The molecule has 1 heterocycles. The van der Waals surface area contributed by atoms with Crippen molar-refractivity contribution in [2.45, 2.75) is 45.1 Å². The number of aromatic nitrogens is 1. The maximum absolute atomic E-state index is 11.2. The predicted molar refractivity (Wildman–Crippen MR) is 80.9 cm³/mol. The number of rotatable bonds is 3. The number of nitrogens with two attached hydrogens (primary N) is 1. The Morgan fingerprint density at radius 1 is 1.35 bits per heavy atom. The SMILES string of the molecule is CC(Nc1cc2[nH]c(=O)oc2cc1N)C1CCCCC1. The van der Waals surface area contributed by atoms with Gasteiger partial charge in [-0.2, -0.15) is 0 Å². The van der Waals surface area contributed by atoms with E-state index in [1.807, 2.05) is 6.07 Å². The van der Waals surface area contributed by atoms with Gasteiger partial charge in [0.05, 0.1) is 16.9 Å². The monoisotopic (exact) mass is 275 g/mol. The van der Waals surface area contributed by atoms with Gasteiger partial charge in [0.25, 0.3) is 0 Å². The number of benzene rings is 1. The summed E-state index contributed by atoms with van der Waals surface area (Å²) < 4.78 is 5.01. The molecule has 1 unspecified atom stereocenters. The summed E-state index contributed by atoms with van der Waals surface area (Å²) in [7, 11) is 0. The van der Waals surface area contributed by atoms with Crippen LogP contribution in [0.3, 0.4) is 0 Å². The molecule has 1 saturated carbocycles. The minimum absolute atomic E-state index is 0.383. The average molecular weight is 275 g/mol. The highest BCUT2D eigenvalue weighted by Crippen LogP contribution is 2.30. The van der Waals surface area contributed by atoms with Crippen molar-refractivity contribution < 1.29 is 4.42 Å². The molecule has 0 spiro atoms. The van der Waals surface area contributed by atoms with Crippen molar-refractivity contribution in [2.24, 2.45) is 5.92 Å². The molecular weight excluding hydrogens is 254 g/mol. The van der Waals surface area contributed by atoms with Crippen LogP contribution in [0, 0.1) is 5.92 Å². The fraction of sp³-hybridized carbons (Fsp3) is 0.533. The number of hydrogen-bond donors (Lipinski definition) is 3. The van der Waals surface area contributed by atoms with Crippen molar-refractivity contribution in [3.8, 4) is 0 Å². The normalized spacial score (nSPS) is 18.2. The van der Waals surface area contributed by atoms with Crippen LogP contribution in [0.2, 0.25) is 0 Å². The standard InChI is InChI=1S/C15H21N3O2/c1-9(10-5-3-2-4-6-10)17-12-8-13-14(7-11(12)16)20-15(19)18-13/h7-10,17H,2-6,16H2,1H3,(H,18,19). The number of oxazole rings is 1. The summed E-state index contributed by atoms with van der Waals surface area (Å²) in [6.45, 7) is 2.21. The molecule has 0 amide bonds. The van der Waals surface area contributed by atoms with Gasteiger partial charge in [0.2, 0.25) is 0 Å². The van der Waals surface area contributed by atoms with Gasteiger partial charge in [0.15, 0.2) is 5.58 Å². The van der Waals surface area contributed by atoms with E-state index < -0.39 is 5.76 Å². The molecule has 0 saturated heterocycles. The smallest absolute Gasteiger partial charge is 0.408 e. The fourth-order valence-electron chi connectivity index (χ4n) is 3.14. The summed E-state index contributed by atoms with van der Waals surface area (Å²) in [4.78, 5) is 13.9. The lowest BCUT2D eigenvalue weighted by molar-refractivity contribution is 0.328. The molecule has 1 aliphatic rings. The summed E-state index contributed by atoms with van der Waals surface area (Å²) in [6.07, 6.45) is 6.55. The molecule has 1 aromatic carbocycles. The van der Waals surface area contributed by atoms with E-state index in [-0.39, 0.29) is 0 Å². The van der Waals surface area contributed by atoms with Gasteiger partial charge in [-0.25, -0.2) is 4.79 Å². The summed E-state index contributed by atoms with van der Waals surface area (Å²) >= 11 is 0. The number of hydrogen-bond acceptors (Lipinski definition) is 4. The number of H-pyrrole nitrogens is 1. The Balaban J connectivity index is 1.82. The van der Waals surface area contributed by atoms with E-state index in [2.05, 4.69) is 17.2 Å². The first kappa shape index (κ1) is 13.1. The van der Waals surface area contributed by atoms with Gasteiger partial charge in [-0.3, -0.25) is 4.98 Å². The maximum atomic E-state index is 11.2. The van der Waals surface area contributed by atoms with E-state index in [0.717, 1.165) is 5.69 Å². The predicted octanol–water partition coefficient (Wildman–Crippen LogP) is 3.08. The minimum atomic E-state index is -0.447. The maximum Gasteiger partial charge on any atom is 0.417 e. The number of nitrogens with one attached hydrogen (secondary N) is 2. The third kappa shape index (κ3) is 2.53. The Morgan fingerprint density at radius 3 is 2.85 bits per heavy atom. The van der Waals surface area contributed by atoms with Crippen LogP contribution in [0.25, 0.3) is 11.1 Å². The highest BCUT2D eigenvalue weighted by Gasteiger charge is 2.20. The second-order valence-corrected chi connectivity index (χ2v) is 5.78. The van der Waals surface area contributed by atoms with Gasteiger partial charge < -0.3 is 15.5 Å². The Labute approximate surface area is 117 Å². The second-order valence-electron chi connectivity index (χ2n) is 5.78. The Morgan fingerprint density at radius 2 is 2.10 bits per heavy atom. The molecule has 2 aromatic rings. The highest BCUT2D eigenvalue weighted by atomic mass is 16.4. The van der Waals surface area contributed by atoms with Crippen LogP contribution in [0.1, 0.15) is 39.0 Å². The molecule has 4 N–H and O–H groups in total. The van der Waals surface area contributed by atoms with E-state index >= 15 is 0 Å².